The molecule has 1 aromatic rings. The van der Waals surface area contributed by atoms with Crippen molar-refractivity contribution in [3.8, 4) is 0 Å². The third-order valence-electron chi connectivity index (χ3n) is 4.96. The van der Waals surface area contributed by atoms with Gasteiger partial charge in [-0.3, -0.25) is 0 Å². The quantitative estimate of drug-likeness (QED) is 0.433. The van der Waals surface area contributed by atoms with Crippen LogP contribution in [0.1, 0.15) is 89.3 Å². The van der Waals surface area contributed by atoms with Crippen molar-refractivity contribution < 1.29 is 0 Å². The van der Waals surface area contributed by atoms with Crippen LogP contribution in [0.15, 0.2) is 17.0 Å². The van der Waals surface area contributed by atoms with E-state index < -0.39 is 0 Å². The second-order valence-electron chi connectivity index (χ2n) is 8.06. The molecule has 1 fully saturated rings. The molecule has 0 saturated heterocycles. The largest absolute Gasteiger partial charge is 0.154 e. The van der Waals surface area contributed by atoms with E-state index in [1.807, 2.05) is 0 Å². The SMILES string of the molecule is CCCc1c(S)cc(C(C)(C)C)cc1CSC1CCCCCC1. The molecule has 1 aromatic carbocycles. The number of thioether (sulfide) groups is 1. The number of hydrogen-bond acceptors (Lipinski definition) is 2. The van der Waals surface area contributed by atoms with Crippen LogP contribution in [0.25, 0.3) is 0 Å². The van der Waals surface area contributed by atoms with Gasteiger partial charge in [-0.25, -0.2) is 0 Å². The third kappa shape index (κ3) is 5.74. The Morgan fingerprint density at radius 3 is 2.30 bits per heavy atom. The molecule has 1 saturated carbocycles. The van der Waals surface area contributed by atoms with Crippen molar-refractivity contribution in [2.75, 3.05) is 0 Å². The molecule has 0 radical (unpaired) electrons. The molecule has 23 heavy (non-hydrogen) atoms. The smallest absolute Gasteiger partial charge is 0.0190 e. The summed E-state index contributed by atoms with van der Waals surface area (Å²) in [5.41, 5.74) is 4.66. The molecule has 0 aromatic heterocycles. The molecule has 2 heteroatoms. The average Bonchev–Trinajstić information content (AvgIpc) is 2.75. The van der Waals surface area contributed by atoms with Crippen LogP contribution in [-0.4, -0.2) is 5.25 Å². The molecule has 0 bridgehead atoms. The summed E-state index contributed by atoms with van der Waals surface area (Å²) in [7, 11) is 0. The second-order valence-corrected chi connectivity index (χ2v) is 9.83. The Kier molecular flexibility index (Phi) is 7.41. The summed E-state index contributed by atoms with van der Waals surface area (Å²) in [4.78, 5) is 1.20. The molecule has 1 aliphatic rings. The zero-order valence-electron chi connectivity index (χ0n) is 15.5. The van der Waals surface area contributed by atoms with E-state index in [1.54, 1.807) is 5.56 Å². The van der Waals surface area contributed by atoms with Crippen molar-refractivity contribution in [1.82, 2.24) is 0 Å². The normalized spacial score (nSPS) is 17.3. The number of hydrogen-bond donors (Lipinski definition) is 1. The van der Waals surface area contributed by atoms with Gasteiger partial charge >= 0.3 is 0 Å². The molecule has 0 heterocycles. The van der Waals surface area contributed by atoms with E-state index in [1.165, 1.54) is 61.0 Å². The molecule has 0 amide bonds. The summed E-state index contributed by atoms with van der Waals surface area (Å²) < 4.78 is 0. The Morgan fingerprint density at radius 2 is 1.74 bits per heavy atom. The Bertz CT molecular complexity index is 491. The Morgan fingerprint density at radius 1 is 1.09 bits per heavy atom. The van der Waals surface area contributed by atoms with Gasteiger partial charge in [-0.1, -0.05) is 65.9 Å². The Labute approximate surface area is 153 Å². The molecular weight excluding hydrogens is 316 g/mol. The highest BCUT2D eigenvalue weighted by atomic mass is 32.2. The van der Waals surface area contributed by atoms with Crippen LogP contribution in [0.3, 0.4) is 0 Å². The van der Waals surface area contributed by atoms with E-state index in [0.29, 0.717) is 0 Å². The maximum atomic E-state index is 4.83. The highest BCUT2D eigenvalue weighted by Gasteiger charge is 2.19. The minimum Gasteiger partial charge on any atom is -0.154 e. The van der Waals surface area contributed by atoms with Crippen LogP contribution < -0.4 is 0 Å². The first-order chi connectivity index (χ1) is 10.9. The standard InChI is InChI=1S/C21H34S2/c1-5-10-19-16(13-17(14-20(19)22)21(2,3)4)15-23-18-11-8-6-7-9-12-18/h13-14,18,22H,5-12,15H2,1-4H3. The minimum atomic E-state index is 0.198. The highest BCUT2D eigenvalue weighted by molar-refractivity contribution is 7.99. The van der Waals surface area contributed by atoms with Gasteiger partial charge in [0.1, 0.15) is 0 Å². The van der Waals surface area contributed by atoms with Crippen LogP contribution in [0.5, 0.6) is 0 Å². The van der Waals surface area contributed by atoms with Crippen molar-refractivity contribution >= 4 is 24.4 Å². The Hall–Kier alpha value is -0.0800. The monoisotopic (exact) mass is 350 g/mol. The Balaban J connectivity index is 2.18. The zero-order valence-corrected chi connectivity index (χ0v) is 17.2. The molecule has 0 spiro atoms. The van der Waals surface area contributed by atoms with Crippen molar-refractivity contribution in [3.63, 3.8) is 0 Å². The van der Waals surface area contributed by atoms with Crippen LogP contribution >= 0.6 is 24.4 Å². The molecular formula is C21H34S2. The lowest BCUT2D eigenvalue weighted by molar-refractivity contribution is 0.587. The van der Waals surface area contributed by atoms with Crippen molar-refractivity contribution in [3.05, 3.63) is 28.8 Å². The summed E-state index contributed by atoms with van der Waals surface area (Å²) >= 11 is 7.03. The summed E-state index contributed by atoms with van der Waals surface area (Å²) in [5, 5.41) is 0.869. The van der Waals surface area contributed by atoms with E-state index in [4.69, 9.17) is 12.6 Å². The maximum Gasteiger partial charge on any atom is 0.0190 e. The van der Waals surface area contributed by atoms with Gasteiger partial charge < -0.3 is 0 Å². The molecule has 130 valence electrons. The van der Waals surface area contributed by atoms with E-state index in [2.05, 4.69) is 51.6 Å². The number of thiol groups is 1. The lowest BCUT2D eigenvalue weighted by atomic mass is 9.85. The average molecular weight is 351 g/mol. The van der Waals surface area contributed by atoms with Crippen LogP contribution in [0.2, 0.25) is 0 Å². The van der Waals surface area contributed by atoms with Gasteiger partial charge in [-0.05, 0) is 47.4 Å². The van der Waals surface area contributed by atoms with Gasteiger partial charge in [0.25, 0.3) is 0 Å². The lowest BCUT2D eigenvalue weighted by Gasteiger charge is -2.24. The number of benzene rings is 1. The second kappa shape index (κ2) is 8.85. The van der Waals surface area contributed by atoms with Crippen LogP contribution in [0, 0.1) is 0 Å². The van der Waals surface area contributed by atoms with E-state index in [0.717, 1.165) is 17.4 Å². The van der Waals surface area contributed by atoms with Gasteiger partial charge in [-0.15, -0.1) is 12.6 Å². The van der Waals surface area contributed by atoms with Crippen molar-refractivity contribution in [2.24, 2.45) is 0 Å². The van der Waals surface area contributed by atoms with Crippen molar-refractivity contribution in [1.29, 1.82) is 0 Å². The minimum absolute atomic E-state index is 0.198. The van der Waals surface area contributed by atoms with Gasteiger partial charge in [0, 0.05) is 15.9 Å². The van der Waals surface area contributed by atoms with Crippen LogP contribution in [0.4, 0.5) is 0 Å². The molecule has 0 unspecified atom stereocenters. The predicted octanol–water partition coefficient (Wildman–Crippen LogP) is 7.18. The molecule has 2 rings (SSSR count). The summed E-state index contributed by atoms with van der Waals surface area (Å²) in [6, 6.07) is 4.77. The van der Waals surface area contributed by atoms with Gasteiger partial charge in [0.2, 0.25) is 0 Å². The number of rotatable bonds is 5. The molecule has 0 nitrogen and oxygen atoms in total. The van der Waals surface area contributed by atoms with Crippen molar-refractivity contribution in [2.45, 2.75) is 100 Å². The first-order valence-electron chi connectivity index (χ1n) is 9.38. The topological polar surface area (TPSA) is 0 Å². The lowest BCUT2D eigenvalue weighted by Crippen LogP contribution is -2.13. The first-order valence-corrected chi connectivity index (χ1v) is 10.9. The van der Waals surface area contributed by atoms with Gasteiger partial charge in [0.15, 0.2) is 0 Å². The fourth-order valence-electron chi connectivity index (χ4n) is 3.43. The van der Waals surface area contributed by atoms with Gasteiger partial charge in [-0.2, -0.15) is 11.8 Å². The highest BCUT2D eigenvalue weighted by Crippen LogP contribution is 2.35. The maximum absolute atomic E-state index is 4.83. The first kappa shape index (κ1) is 19.2. The van der Waals surface area contributed by atoms with E-state index in [-0.39, 0.29) is 5.41 Å². The summed E-state index contributed by atoms with van der Waals surface area (Å²) in [6.07, 6.45) is 10.9. The molecule has 0 N–H and O–H groups in total. The van der Waals surface area contributed by atoms with E-state index in [9.17, 15) is 0 Å². The molecule has 0 atom stereocenters. The van der Waals surface area contributed by atoms with E-state index >= 15 is 0 Å². The fourth-order valence-corrected chi connectivity index (χ4v) is 5.17. The fraction of sp³-hybridized carbons (Fsp3) is 0.714. The molecule has 0 aliphatic heterocycles. The zero-order chi connectivity index (χ0) is 16.9. The summed E-state index contributed by atoms with van der Waals surface area (Å²) in [6.45, 7) is 9.18. The van der Waals surface area contributed by atoms with Gasteiger partial charge in [0.05, 0.1) is 0 Å². The summed E-state index contributed by atoms with van der Waals surface area (Å²) in [5.74, 6) is 1.16. The van der Waals surface area contributed by atoms with Crippen LogP contribution in [-0.2, 0) is 17.6 Å². The predicted molar refractivity (Wildman–Crippen MR) is 109 cm³/mol. The third-order valence-corrected chi connectivity index (χ3v) is 6.78. The molecule has 1 aliphatic carbocycles.